The third-order valence-corrected chi connectivity index (χ3v) is 7.72. The van der Waals surface area contributed by atoms with Crippen molar-refractivity contribution >= 4 is 33.2 Å². The third-order valence-electron chi connectivity index (χ3n) is 7.05. The van der Waals surface area contributed by atoms with Gasteiger partial charge in [-0.3, -0.25) is 0 Å². The van der Waals surface area contributed by atoms with E-state index in [-0.39, 0.29) is 0 Å². The van der Waals surface area contributed by atoms with Gasteiger partial charge in [0.2, 0.25) is 5.71 Å². The van der Waals surface area contributed by atoms with Crippen molar-refractivity contribution in [1.82, 2.24) is 10.3 Å². The number of pyridine rings is 1. The van der Waals surface area contributed by atoms with Crippen molar-refractivity contribution in [2.24, 2.45) is 11.8 Å². The third kappa shape index (κ3) is 4.04. The molecule has 29 heavy (non-hydrogen) atoms. The van der Waals surface area contributed by atoms with Crippen molar-refractivity contribution in [2.75, 3.05) is 26.2 Å². The molecular weight excluding hydrogens is 446 g/mol. The van der Waals surface area contributed by atoms with Crippen molar-refractivity contribution in [1.29, 1.82) is 0 Å². The van der Waals surface area contributed by atoms with Gasteiger partial charge in [-0.15, -0.1) is 0 Å². The average Bonchev–Trinajstić information content (AvgIpc) is 2.91. The van der Waals surface area contributed by atoms with Gasteiger partial charge in [-0.25, -0.2) is 9.56 Å². The van der Waals surface area contributed by atoms with E-state index in [1.165, 1.54) is 61.2 Å². The molecule has 3 heterocycles. The number of piperidine rings is 2. The summed E-state index contributed by atoms with van der Waals surface area (Å²) in [6, 6.07) is 8.65. The van der Waals surface area contributed by atoms with Crippen LogP contribution in [0.3, 0.4) is 0 Å². The van der Waals surface area contributed by atoms with Crippen molar-refractivity contribution in [3.8, 4) is 0 Å². The average molecular weight is 474 g/mol. The molecule has 2 saturated heterocycles. The SMILES string of the molecule is Clc1ccc2c(c1)CCc1cc(Br)cnc1C2=[N+]1CCC(C2CCNCC2)CC1. The Labute approximate surface area is 186 Å². The number of nitrogens with one attached hydrogen (secondary N) is 1. The molecule has 0 unspecified atom stereocenters. The van der Waals surface area contributed by atoms with Crippen LogP contribution in [0.1, 0.15) is 48.1 Å². The highest BCUT2D eigenvalue weighted by atomic mass is 79.9. The fraction of sp³-hybridized carbons (Fsp3) is 0.500. The maximum absolute atomic E-state index is 6.35. The molecule has 1 N–H and O–H groups in total. The van der Waals surface area contributed by atoms with Gasteiger partial charge in [0, 0.05) is 28.5 Å². The second-order valence-electron chi connectivity index (χ2n) is 8.72. The molecule has 5 rings (SSSR count). The molecule has 3 nitrogen and oxygen atoms in total. The van der Waals surface area contributed by atoms with Crippen molar-refractivity contribution in [2.45, 2.75) is 38.5 Å². The maximum Gasteiger partial charge on any atom is 0.233 e. The van der Waals surface area contributed by atoms with E-state index in [0.717, 1.165) is 53.0 Å². The molecule has 3 aliphatic rings. The van der Waals surface area contributed by atoms with E-state index in [0.29, 0.717) is 0 Å². The Morgan fingerprint density at radius 1 is 0.966 bits per heavy atom. The number of aryl methyl sites for hydroxylation is 2. The Bertz CT molecular complexity index is 884. The van der Waals surface area contributed by atoms with Gasteiger partial charge in [0.05, 0.1) is 5.56 Å². The van der Waals surface area contributed by atoms with Gasteiger partial charge in [0.15, 0.2) is 0 Å². The first-order chi connectivity index (χ1) is 14.2. The van der Waals surface area contributed by atoms with Gasteiger partial charge in [-0.1, -0.05) is 11.6 Å². The van der Waals surface area contributed by atoms with Gasteiger partial charge in [-0.2, -0.15) is 0 Å². The highest BCUT2D eigenvalue weighted by Gasteiger charge is 2.34. The van der Waals surface area contributed by atoms with Gasteiger partial charge in [0.25, 0.3) is 0 Å². The Morgan fingerprint density at radius 3 is 2.48 bits per heavy atom. The monoisotopic (exact) mass is 472 g/mol. The zero-order valence-corrected chi connectivity index (χ0v) is 19.1. The highest BCUT2D eigenvalue weighted by molar-refractivity contribution is 9.10. The normalized spacial score (nSPS) is 22.8. The minimum Gasteiger partial charge on any atom is -0.317 e. The molecule has 1 aromatic carbocycles. The number of benzene rings is 1. The van der Waals surface area contributed by atoms with Crippen LogP contribution in [0.15, 0.2) is 34.9 Å². The van der Waals surface area contributed by atoms with Crippen molar-refractivity contribution in [3.63, 3.8) is 0 Å². The quantitative estimate of drug-likeness (QED) is 0.599. The van der Waals surface area contributed by atoms with Gasteiger partial charge in [-0.05, 0) is 102 Å². The first-order valence-corrected chi connectivity index (χ1v) is 12.1. The molecule has 0 radical (unpaired) electrons. The topological polar surface area (TPSA) is 27.9 Å². The van der Waals surface area contributed by atoms with Crippen LogP contribution in [0.2, 0.25) is 5.02 Å². The van der Waals surface area contributed by atoms with Crippen LogP contribution in [-0.4, -0.2) is 41.5 Å². The van der Waals surface area contributed by atoms with Crippen LogP contribution < -0.4 is 5.32 Å². The van der Waals surface area contributed by atoms with Crippen LogP contribution in [-0.2, 0) is 12.8 Å². The second kappa shape index (κ2) is 8.49. The zero-order valence-electron chi connectivity index (χ0n) is 16.8. The van der Waals surface area contributed by atoms with Gasteiger partial charge >= 0.3 is 0 Å². The lowest BCUT2D eigenvalue weighted by Gasteiger charge is -2.32. The first-order valence-electron chi connectivity index (χ1n) is 11.0. The van der Waals surface area contributed by atoms with Crippen LogP contribution in [0.5, 0.6) is 0 Å². The Balaban J connectivity index is 1.53. The van der Waals surface area contributed by atoms with E-state index in [4.69, 9.17) is 16.6 Å². The number of hydrogen-bond donors (Lipinski definition) is 1. The minimum absolute atomic E-state index is 0.827. The lowest BCUT2D eigenvalue weighted by atomic mass is 9.79. The van der Waals surface area contributed by atoms with Crippen LogP contribution in [0.25, 0.3) is 0 Å². The standard InChI is InChI=1S/C24H28BrClN3/c25-20-13-19-2-1-18-14-21(26)3-4-22(18)24(23(19)28-15-20)29-11-7-17(8-12-29)16-5-9-27-10-6-16/h3-4,13-17,27H,1-2,5-12H2/q+1. The smallest absolute Gasteiger partial charge is 0.233 e. The van der Waals surface area contributed by atoms with Gasteiger partial charge in [0.1, 0.15) is 18.8 Å². The van der Waals surface area contributed by atoms with E-state index in [1.807, 2.05) is 12.3 Å². The molecule has 0 bridgehead atoms. The minimum atomic E-state index is 0.827. The molecular formula is C24H28BrClN3+. The summed E-state index contributed by atoms with van der Waals surface area (Å²) >= 11 is 9.97. The number of rotatable bonds is 1. The van der Waals surface area contributed by atoms with Crippen molar-refractivity contribution in [3.05, 3.63) is 62.3 Å². The Hall–Kier alpha value is -1.23. The van der Waals surface area contributed by atoms with E-state index < -0.39 is 0 Å². The molecule has 5 heteroatoms. The highest BCUT2D eigenvalue weighted by Crippen LogP contribution is 2.32. The largest absolute Gasteiger partial charge is 0.317 e. The zero-order chi connectivity index (χ0) is 19.8. The summed E-state index contributed by atoms with van der Waals surface area (Å²) in [7, 11) is 0. The number of fused-ring (bicyclic) bond motifs is 2. The summed E-state index contributed by atoms with van der Waals surface area (Å²) in [5.74, 6) is 1.78. The molecule has 0 saturated carbocycles. The first kappa shape index (κ1) is 19.7. The second-order valence-corrected chi connectivity index (χ2v) is 10.1. The summed E-state index contributed by atoms with van der Waals surface area (Å²) in [5, 5.41) is 4.34. The van der Waals surface area contributed by atoms with E-state index >= 15 is 0 Å². The van der Waals surface area contributed by atoms with Crippen molar-refractivity contribution < 1.29 is 4.58 Å². The van der Waals surface area contributed by atoms with E-state index in [1.54, 1.807) is 0 Å². The number of nitrogens with zero attached hydrogens (tertiary/aromatic N) is 2. The lowest BCUT2D eigenvalue weighted by molar-refractivity contribution is -0.541. The molecule has 0 atom stereocenters. The molecule has 0 amide bonds. The summed E-state index contributed by atoms with van der Waals surface area (Å²) in [6.07, 6.45) is 9.25. The number of aromatic nitrogens is 1. The number of halogens is 2. The maximum atomic E-state index is 6.35. The van der Waals surface area contributed by atoms with Gasteiger partial charge < -0.3 is 5.32 Å². The van der Waals surface area contributed by atoms with E-state index in [9.17, 15) is 0 Å². The molecule has 1 aliphatic carbocycles. The van der Waals surface area contributed by atoms with E-state index in [2.05, 4.69) is 44.0 Å². The fourth-order valence-electron chi connectivity index (χ4n) is 5.51. The van der Waals surface area contributed by atoms with Crippen LogP contribution >= 0.6 is 27.5 Å². The Kier molecular flexibility index (Phi) is 5.77. The fourth-order valence-corrected chi connectivity index (χ4v) is 6.09. The summed E-state index contributed by atoms with van der Waals surface area (Å²) in [5.41, 5.74) is 6.49. The lowest BCUT2D eigenvalue weighted by Crippen LogP contribution is -2.38. The van der Waals surface area contributed by atoms with Crippen LogP contribution in [0.4, 0.5) is 0 Å². The molecule has 0 spiro atoms. The molecule has 152 valence electrons. The summed E-state index contributed by atoms with van der Waals surface area (Å²) < 4.78 is 3.67. The molecule has 2 aliphatic heterocycles. The molecule has 2 aromatic rings. The summed E-state index contributed by atoms with van der Waals surface area (Å²) in [4.78, 5) is 4.90. The summed E-state index contributed by atoms with van der Waals surface area (Å²) in [6.45, 7) is 4.65. The Morgan fingerprint density at radius 2 is 1.69 bits per heavy atom. The van der Waals surface area contributed by atoms with Crippen LogP contribution in [0, 0.1) is 11.8 Å². The number of hydrogen-bond acceptors (Lipinski definition) is 2. The molecule has 2 fully saturated rings. The predicted molar refractivity (Wildman–Crippen MR) is 122 cm³/mol. The molecule has 1 aromatic heterocycles. The predicted octanol–water partition coefficient (Wildman–Crippen LogP) is 4.86.